The van der Waals surface area contributed by atoms with Gasteiger partial charge in [0, 0.05) is 0 Å². The van der Waals surface area contributed by atoms with E-state index in [1.165, 1.54) is 25.7 Å². The van der Waals surface area contributed by atoms with Gasteiger partial charge in [0.2, 0.25) is 0 Å². The van der Waals surface area contributed by atoms with Crippen LogP contribution < -0.4 is 0 Å². The third-order valence-electron chi connectivity index (χ3n) is 2.75. The standard InChI is InChI=1S/C6H12O2.2C4H9.Sn/c1-3-5(4-2)6(7)8;2*1-3-4-2;/h5H,3-4H2,1-2H3,(H,7,8);2*1,3-4H2,2H3;. The Balaban J connectivity index is 0. The van der Waals surface area contributed by atoms with Gasteiger partial charge >= 0.3 is 75.5 Å². The zero-order chi connectivity index (χ0) is 13.5. The molecule has 3 heteroatoms. The first-order valence-corrected chi connectivity index (χ1v) is 11.1. The van der Waals surface area contributed by atoms with Crippen LogP contribution >= 0.6 is 0 Å². The van der Waals surface area contributed by atoms with Crippen molar-refractivity contribution >= 4 is 27.1 Å². The topological polar surface area (TPSA) is 37.3 Å². The first kappa shape index (κ1) is 19.6. The Kier molecular flexibility index (Phi) is 18.8. The molecular weight excluding hydrogens is 319 g/mol. The van der Waals surface area contributed by atoms with E-state index in [2.05, 4.69) is 13.8 Å². The van der Waals surface area contributed by atoms with Crippen LogP contribution in [-0.2, 0) is 4.79 Å². The fourth-order valence-corrected chi connectivity index (χ4v) is 5.53. The number of carbonyl (C=O) groups is 1. The van der Waals surface area contributed by atoms with Gasteiger partial charge in [-0.3, -0.25) is 4.79 Å². The summed E-state index contributed by atoms with van der Waals surface area (Å²) in [7, 11) is 0. The van der Waals surface area contributed by atoms with Gasteiger partial charge in [-0.15, -0.1) is 0 Å². The Labute approximate surface area is 118 Å². The molecule has 0 saturated heterocycles. The Morgan fingerprint density at radius 1 is 1.00 bits per heavy atom. The Morgan fingerprint density at radius 2 is 1.41 bits per heavy atom. The molecule has 2 nitrogen and oxygen atoms in total. The number of hydrogen-bond acceptors (Lipinski definition) is 1. The normalized spacial score (nSPS) is 9.94. The van der Waals surface area contributed by atoms with Gasteiger partial charge in [-0.25, -0.2) is 0 Å². The summed E-state index contributed by atoms with van der Waals surface area (Å²) >= 11 is 0.149. The van der Waals surface area contributed by atoms with E-state index in [1.807, 2.05) is 13.8 Å². The van der Waals surface area contributed by atoms with Gasteiger partial charge in [0.05, 0.1) is 5.92 Å². The molecule has 0 heterocycles. The molecule has 0 aromatic rings. The molecule has 0 aliphatic rings. The number of aliphatic carboxylic acids is 1. The number of carboxylic acid groups (broad SMARTS) is 1. The molecule has 0 amide bonds. The Hall–Kier alpha value is 0.269. The Morgan fingerprint density at radius 3 is 1.59 bits per heavy atom. The summed E-state index contributed by atoms with van der Waals surface area (Å²) in [4.78, 5) is 10.2. The van der Waals surface area contributed by atoms with Crippen molar-refractivity contribution in [2.24, 2.45) is 5.92 Å². The van der Waals surface area contributed by atoms with Gasteiger partial charge in [0.1, 0.15) is 0 Å². The van der Waals surface area contributed by atoms with Crippen LogP contribution in [0.3, 0.4) is 0 Å². The maximum absolute atomic E-state index is 10.2. The predicted octanol–water partition coefficient (Wildman–Crippen LogP) is 4.63. The van der Waals surface area contributed by atoms with Crippen molar-refractivity contribution in [3.63, 3.8) is 0 Å². The second kappa shape index (κ2) is 16.3. The van der Waals surface area contributed by atoms with Gasteiger partial charge in [0.15, 0.2) is 0 Å². The molecular formula is C14H30O2Sn. The van der Waals surface area contributed by atoms with Crippen LogP contribution in [0.1, 0.15) is 66.2 Å². The van der Waals surface area contributed by atoms with Gasteiger partial charge in [-0.05, 0) is 12.8 Å². The van der Waals surface area contributed by atoms with E-state index in [0.29, 0.717) is 0 Å². The minimum atomic E-state index is -0.671. The molecule has 0 spiro atoms. The zero-order valence-corrected chi connectivity index (χ0v) is 14.9. The average Bonchev–Trinajstić information content (AvgIpc) is 2.31. The van der Waals surface area contributed by atoms with E-state index in [-0.39, 0.29) is 27.1 Å². The summed E-state index contributed by atoms with van der Waals surface area (Å²) in [6.45, 7) is 8.36. The molecule has 0 aliphatic carbocycles. The average molecular weight is 349 g/mol. The van der Waals surface area contributed by atoms with Gasteiger partial charge in [-0.2, -0.15) is 0 Å². The molecule has 0 bridgehead atoms. The predicted molar refractivity (Wildman–Crippen MR) is 76.9 cm³/mol. The molecule has 0 saturated carbocycles. The monoisotopic (exact) mass is 350 g/mol. The van der Waals surface area contributed by atoms with Crippen LogP contribution in [0.4, 0.5) is 0 Å². The summed E-state index contributed by atoms with van der Waals surface area (Å²) < 4.78 is 3.25. The van der Waals surface area contributed by atoms with Crippen LogP contribution in [-0.4, -0.2) is 32.2 Å². The van der Waals surface area contributed by atoms with Crippen LogP contribution in [0.2, 0.25) is 8.87 Å². The number of unbranched alkanes of at least 4 members (excludes halogenated alkanes) is 2. The van der Waals surface area contributed by atoms with E-state index in [4.69, 9.17) is 5.11 Å². The maximum atomic E-state index is 10.2. The quantitative estimate of drug-likeness (QED) is 0.487. The van der Waals surface area contributed by atoms with E-state index in [9.17, 15) is 4.79 Å². The van der Waals surface area contributed by atoms with Crippen LogP contribution in [0.25, 0.3) is 0 Å². The molecule has 0 aromatic carbocycles. The number of rotatable bonds is 9. The van der Waals surface area contributed by atoms with Crippen molar-refractivity contribution in [2.75, 3.05) is 0 Å². The van der Waals surface area contributed by atoms with Crippen molar-refractivity contribution in [1.82, 2.24) is 0 Å². The van der Waals surface area contributed by atoms with Gasteiger partial charge < -0.3 is 5.11 Å². The van der Waals surface area contributed by atoms with Gasteiger partial charge in [-0.1, -0.05) is 13.8 Å². The summed E-state index contributed by atoms with van der Waals surface area (Å²) in [6.07, 6.45) is 7.32. The molecule has 1 N–H and O–H groups in total. The fraction of sp³-hybridized carbons (Fsp3) is 0.929. The minimum absolute atomic E-state index is 0.130. The van der Waals surface area contributed by atoms with Crippen molar-refractivity contribution in [2.45, 2.75) is 75.1 Å². The summed E-state index contributed by atoms with van der Waals surface area (Å²) in [5, 5.41) is 8.37. The van der Waals surface area contributed by atoms with Crippen LogP contribution in [0.5, 0.6) is 0 Å². The molecule has 0 rings (SSSR count). The molecule has 0 fully saturated rings. The van der Waals surface area contributed by atoms with Crippen molar-refractivity contribution < 1.29 is 9.90 Å². The van der Waals surface area contributed by atoms with Crippen molar-refractivity contribution in [3.8, 4) is 0 Å². The molecule has 2 radical (unpaired) electrons. The Bertz CT molecular complexity index is 150. The fourth-order valence-electron chi connectivity index (χ4n) is 1.37. The molecule has 0 aromatic heterocycles. The summed E-state index contributed by atoms with van der Waals surface area (Å²) in [5.41, 5.74) is 0. The molecule has 0 unspecified atom stereocenters. The third kappa shape index (κ3) is 16.3. The molecule has 0 aliphatic heterocycles. The molecule has 102 valence electrons. The van der Waals surface area contributed by atoms with E-state index < -0.39 is 5.97 Å². The number of carboxylic acids is 1. The van der Waals surface area contributed by atoms with E-state index >= 15 is 0 Å². The summed E-state index contributed by atoms with van der Waals surface area (Å²) in [5.74, 6) is -0.801. The second-order valence-corrected chi connectivity index (χ2v) is 8.59. The van der Waals surface area contributed by atoms with Crippen LogP contribution in [0.15, 0.2) is 0 Å². The first-order chi connectivity index (χ1) is 8.13. The molecule has 0 atom stereocenters. The van der Waals surface area contributed by atoms with Crippen LogP contribution in [0, 0.1) is 5.92 Å². The zero-order valence-electron chi connectivity index (χ0n) is 12.1. The SMILES string of the molecule is CCC(CC)C(=O)O.CCC[CH2][Sn][CH2]CCC. The van der Waals surface area contributed by atoms with E-state index in [0.717, 1.165) is 12.8 Å². The van der Waals surface area contributed by atoms with E-state index in [1.54, 1.807) is 8.87 Å². The third-order valence-corrected chi connectivity index (χ3v) is 6.79. The number of hydrogen-bond donors (Lipinski definition) is 1. The summed E-state index contributed by atoms with van der Waals surface area (Å²) in [6, 6.07) is 0. The van der Waals surface area contributed by atoms with Crippen molar-refractivity contribution in [3.05, 3.63) is 0 Å². The second-order valence-electron chi connectivity index (χ2n) is 4.31. The van der Waals surface area contributed by atoms with Gasteiger partial charge in [0.25, 0.3) is 0 Å². The molecule has 17 heavy (non-hydrogen) atoms. The first-order valence-electron chi connectivity index (χ1n) is 7.07. The van der Waals surface area contributed by atoms with Crippen molar-refractivity contribution in [1.29, 1.82) is 0 Å².